The van der Waals surface area contributed by atoms with Gasteiger partial charge in [-0.3, -0.25) is 0 Å². The molecule has 1 atom stereocenters. The van der Waals surface area contributed by atoms with Crippen molar-refractivity contribution in [1.82, 2.24) is 9.55 Å². The maximum Gasteiger partial charge on any atom is 0.0950 e. The molecule has 13 heavy (non-hydrogen) atoms. The third-order valence-corrected chi connectivity index (χ3v) is 2.08. The SMILES string of the molecule is CC(C)CCn1cnc([C@H](C)N)c1. The van der Waals surface area contributed by atoms with Crippen molar-refractivity contribution < 1.29 is 0 Å². The Labute approximate surface area is 80.0 Å². The number of hydrogen-bond donors (Lipinski definition) is 1. The smallest absolute Gasteiger partial charge is 0.0950 e. The number of nitrogens with zero attached hydrogens (tertiary/aromatic N) is 2. The first-order valence-electron chi connectivity index (χ1n) is 4.87. The summed E-state index contributed by atoms with van der Waals surface area (Å²) in [6.45, 7) is 7.44. The molecule has 1 heterocycles. The second kappa shape index (κ2) is 4.42. The van der Waals surface area contributed by atoms with Crippen LogP contribution in [-0.2, 0) is 6.54 Å². The van der Waals surface area contributed by atoms with Gasteiger partial charge in [-0.15, -0.1) is 0 Å². The Kier molecular flexibility index (Phi) is 3.48. The van der Waals surface area contributed by atoms with Gasteiger partial charge < -0.3 is 10.3 Å². The molecule has 0 aliphatic heterocycles. The Balaban J connectivity index is 2.49. The van der Waals surface area contributed by atoms with Gasteiger partial charge in [0, 0.05) is 18.8 Å². The van der Waals surface area contributed by atoms with Crippen molar-refractivity contribution in [2.75, 3.05) is 0 Å². The highest BCUT2D eigenvalue weighted by Crippen LogP contribution is 2.07. The largest absolute Gasteiger partial charge is 0.337 e. The first kappa shape index (κ1) is 10.3. The second-order valence-corrected chi connectivity index (χ2v) is 4.01. The van der Waals surface area contributed by atoms with Crippen LogP contribution in [0.25, 0.3) is 0 Å². The van der Waals surface area contributed by atoms with Gasteiger partial charge >= 0.3 is 0 Å². The molecular weight excluding hydrogens is 162 g/mol. The maximum atomic E-state index is 5.71. The number of rotatable bonds is 4. The van der Waals surface area contributed by atoms with Crippen LogP contribution in [0.2, 0.25) is 0 Å². The molecule has 0 aliphatic rings. The monoisotopic (exact) mass is 181 g/mol. The molecule has 3 nitrogen and oxygen atoms in total. The summed E-state index contributed by atoms with van der Waals surface area (Å²) in [5.41, 5.74) is 6.68. The molecule has 0 aliphatic carbocycles. The third-order valence-electron chi connectivity index (χ3n) is 2.08. The van der Waals surface area contributed by atoms with Crippen molar-refractivity contribution in [2.24, 2.45) is 11.7 Å². The van der Waals surface area contributed by atoms with Crippen LogP contribution in [-0.4, -0.2) is 9.55 Å². The number of imidazole rings is 1. The molecule has 0 fully saturated rings. The van der Waals surface area contributed by atoms with E-state index in [0.29, 0.717) is 0 Å². The standard InChI is InChI=1S/C10H19N3/c1-8(2)4-5-13-6-10(9(3)11)12-7-13/h6-9H,4-5,11H2,1-3H3/t9-/m0/s1. The van der Waals surface area contributed by atoms with E-state index in [-0.39, 0.29) is 6.04 Å². The van der Waals surface area contributed by atoms with Gasteiger partial charge in [-0.05, 0) is 19.3 Å². The van der Waals surface area contributed by atoms with Gasteiger partial charge in [0.2, 0.25) is 0 Å². The molecule has 1 rings (SSSR count). The molecule has 74 valence electrons. The minimum atomic E-state index is 0.0419. The molecule has 0 amide bonds. The highest BCUT2D eigenvalue weighted by atomic mass is 15.0. The second-order valence-electron chi connectivity index (χ2n) is 4.01. The van der Waals surface area contributed by atoms with Gasteiger partial charge in [-0.1, -0.05) is 13.8 Å². The van der Waals surface area contributed by atoms with Gasteiger partial charge in [-0.2, -0.15) is 0 Å². The molecular formula is C10H19N3. The molecule has 0 aromatic carbocycles. The van der Waals surface area contributed by atoms with E-state index in [4.69, 9.17) is 5.73 Å². The van der Waals surface area contributed by atoms with Crippen LogP contribution in [0.1, 0.15) is 38.9 Å². The Morgan fingerprint density at radius 2 is 2.15 bits per heavy atom. The first-order valence-corrected chi connectivity index (χ1v) is 4.87. The van der Waals surface area contributed by atoms with E-state index in [1.54, 1.807) is 0 Å². The normalized spacial score (nSPS) is 13.6. The highest BCUT2D eigenvalue weighted by molar-refractivity contribution is 5.01. The van der Waals surface area contributed by atoms with Crippen molar-refractivity contribution in [3.05, 3.63) is 18.2 Å². The van der Waals surface area contributed by atoms with Gasteiger partial charge in [0.15, 0.2) is 0 Å². The van der Waals surface area contributed by atoms with Crippen LogP contribution in [0.4, 0.5) is 0 Å². The molecule has 2 N–H and O–H groups in total. The van der Waals surface area contributed by atoms with Crippen LogP contribution >= 0.6 is 0 Å². The zero-order valence-corrected chi connectivity index (χ0v) is 8.70. The zero-order chi connectivity index (χ0) is 9.84. The Morgan fingerprint density at radius 1 is 1.46 bits per heavy atom. The van der Waals surface area contributed by atoms with Crippen molar-refractivity contribution in [3.63, 3.8) is 0 Å². The lowest BCUT2D eigenvalue weighted by Crippen LogP contribution is -2.05. The summed E-state index contributed by atoms with van der Waals surface area (Å²) in [7, 11) is 0. The minimum absolute atomic E-state index is 0.0419. The van der Waals surface area contributed by atoms with Crippen LogP contribution < -0.4 is 5.73 Å². The minimum Gasteiger partial charge on any atom is -0.337 e. The predicted octanol–water partition coefficient (Wildman–Crippen LogP) is 1.95. The lowest BCUT2D eigenvalue weighted by molar-refractivity contribution is 0.515. The maximum absolute atomic E-state index is 5.71. The van der Waals surface area contributed by atoms with E-state index in [1.165, 1.54) is 6.42 Å². The summed E-state index contributed by atoms with van der Waals surface area (Å²) >= 11 is 0. The third kappa shape index (κ3) is 3.19. The van der Waals surface area contributed by atoms with E-state index < -0.39 is 0 Å². The quantitative estimate of drug-likeness (QED) is 0.771. The van der Waals surface area contributed by atoms with E-state index in [1.807, 2.05) is 19.4 Å². The molecule has 3 heteroatoms. The van der Waals surface area contributed by atoms with Gasteiger partial charge in [-0.25, -0.2) is 4.98 Å². The van der Waals surface area contributed by atoms with Crippen LogP contribution in [0.5, 0.6) is 0 Å². The summed E-state index contributed by atoms with van der Waals surface area (Å²) in [5, 5.41) is 0. The van der Waals surface area contributed by atoms with E-state index in [9.17, 15) is 0 Å². The van der Waals surface area contributed by atoms with Gasteiger partial charge in [0.25, 0.3) is 0 Å². The van der Waals surface area contributed by atoms with Crippen LogP contribution in [0.3, 0.4) is 0 Å². The van der Waals surface area contributed by atoms with Crippen LogP contribution in [0, 0.1) is 5.92 Å². The number of hydrogen-bond acceptors (Lipinski definition) is 2. The van der Waals surface area contributed by atoms with Crippen molar-refractivity contribution in [1.29, 1.82) is 0 Å². The average molecular weight is 181 g/mol. The molecule has 0 bridgehead atoms. The van der Waals surface area contributed by atoms with E-state index >= 15 is 0 Å². The number of aromatic nitrogens is 2. The topological polar surface area (TPSA) is 43.8 Å². The molecule has 0 unspecified atom stereocenters. The Hall–Kier alpha value is -0.830. The number of nitrogens with two attached hydrogens (primary N) is 1. The molecule has 1 aromatic rings. The summed E-state index contributed by atoms with van der Waals surface area (Å²) < 4.78 is 2.11. The molecule has 0 radical (unpaired) electrons. The fourth-order valence-corrected chi connectivity index (χ4v) is 1.14. The van der Waals surface area contributed by atoms with Crippen molar-refractivity contribution in [3.8, 4) is 0 Å². The molecule has 1 aromatic heterocycles. The summed E-state index contributed by atoms with van der Waals surface area (Å²) in [4.78, 5) is 4.23. The lowest BCUT2D eigenvalue weighted by Gasteiger charge is -2.04. The molecule has 0 saturated heterocycles. The predicted molar refractivity (Wildman–Crippen MR) is 54.3 cm³/mol. The average Bonchev–Trinajstić information content (AvgIpc) is 2.48. The van der Waals surface area contributed by atoms with Gasteiger partial charge in [0.1, 0.15) is 0 Å². The molecule has 0 spiro atoms. The Morgan fingerprint density at radius 3 is 2.62 bits per heavy atom. The fourth-order valence-electron chi connectivity index (χ4n) is 1.14. The first-order chi connectivity index (χ1) is 6.09. The Bertz CT molecular complexity index is 250. The lowest BCUT2D eigenvalue weighted by atomic mass is 10.1. The summed E-state index contributed by atoms with van der Waals surface area (Å²) in [6.07, 6.45) is 5.09. The van der Waals surface area contributed by atoms with E-state index in [2.05, 4.69) is 23.4 Å². The molecule has 0 saturated carbocycles. The van der Waals surface area contributed by atoms with Gasteiger partial charge in [0.05, 0.1) is 12.0 Å². The summed E-state index contributed by atoms with van der Waals surface area (Å²) in [6, 6.07) is 0.0419. The zero-order valence-electron chi connectivity index (χ0n) is 8.70. The van der Waals surface area contributed by atoms with Crippen molar-refractivity contribution in [2.45, 2.75) is 39.8 Å². The summed E-state index contributed by atoms with van der Waals surface area (Å²) in [5.74, 6) is 0.737. The fraction of sp³-hybridized carbons (Fsp3) is 0.700. The number of aryl methyl sites for hydroxylation is 1. The van der Waals surface area contributed by atoms with Crippen LogP contribution in [0.15, 0.2) is 12.5 Å². The van der Waals surface area contributed by atoms with Crippen molar-refractivity contribution >= 4 is 0 Å². The highest BCUT2D eigenvalue weighted by Gasteiger charge is 2.03. The van der Waals surface area contributed by atoms with E-state index in [0.717, 1.165) is 18.2 Å².